The second-order valence-corrected chi connectivity index (χ2v) is 5.70. The van der Waals surface area contributed by atoms with Crippen LogP contribution in [0.3, 0.4) is 0 Å². The quantitative estimate of drug-likeness (QED) is 0.765. The minimum atomic E-state index is -0.0835. The average Bonchev–Trinajstić information content (AvgIpc) is 2.85. The van der Waals surface area contributed by atoms with E-state index in [1.165, 1.54) is 0 Å². The molecule has 3 rings (SSSR count). The summed E-state index contributed by atoms with van der Waals surface area (Å²) in [5.74, 6) is 0.577. The van der Waals surface area contributed by atoms with Crippen molar-refractivity contribution in [2.24, 2.45) is 0 Å². The molecule has 0 spiro atoms. The highest BCUT2D eigenvalue weighted by Gasteiger charge is 2.23. The lowest BCUT2D eigenvalue weighted by Crippen LogP contribution is -2.06. The molecule has 20 heavy (non-hydrogen) atoms. The third-order valence-electron chi connectivity index (χ3n) is 3.43. The number of aryl methyl sites for hydroxylation is 1. The number of rotatable bonds is 2. The summed E-state index contributed by atoms with van der Waals surface area (Å²) in [5.41, 5.74) is 2.98. The van der Waals surface area contributed by atoms with E-state index in [2.05, 4.69) is 0 Å². The summed E-state index contributed by atoms with van der Waals surface area (Å²) in [5, 5.41) is 1.18. The molecule has 0 saturated carbocycles. The van der Waals surface area contributed by atoms with E-state index >= 15 is 0 Å². The number of carbonyl (C=O) groups excluding carboxylic acids is 1. The van der Waals surface area contributed by atoms with Crippen LogP contribution in [0.5, 0.6) is 5.75 Å². The molecule has 1 aliphatic rings. The summed E-state index contributed by atoms with van der Waals surface area (Å²) in [6, 6.07) is 8.76. The van der Waals surface area contributed by atoms with Gasteiger partial charge in [0.05, 0.1) is 12.2 Å². The average molecular weight is 307 g/mol. The van der Waals surface area contributed by atoms with Crippen molar-refractivity contribution >= 4 is 29.0 Å². The van der Waals surface area contributed by atoms with Crippen LogP contribution in [0.1, 0.15) is 27.0 Å². The van der Waals surface area contributed by atoms with Gasteiger partial charge in [0.1, 0.15) is 5.75 Å². The van der Waals surface area contributed by atoms with E-state index in [1.807, 2.05) is 13.0 Å². The summed E-state index contributed by atoms with van der Waals surface area (Å²) in [6.45, 7) is 2.46. The maximum absolute atomic E-state index is 12.7. The van der Waals surface area contributed by atoms with Gasteiger partial charge in [-0.05, 0) is 48.4 Å². The van der Waals surface area contributed by atoms with Crippen LogP contribution in [0.2, 0.25) is 10.0 Å². The number of hydrogen-bond donors (Lipinski definition) is 0. The van der Waals surface area contributed by atoms with Crippen molar-refractivity contribution in [1.82, 2.24) is 0 Å². The Labute approximate surface area is 127 Å². The smallest absolute Gasteiger partial charge is 0.197 e. The number of benzene rings is 2. The first-order chi connectivity index (χ1) is 9.56. The molecule has 0 N–H and O–H groups in total. The van der Waals surface area contributed by atoms with Crippen molar-refractivity contribution in [2.45, 2.75) is 13.3 Å². The predicted molar refractivity (Wildman–Crippen MR) is 80.3 cm³/mol. The molecule has 2 aromatic rings. The fourth-order valence-corrected chi connectivity index (χ4v) is 2.93. The van der Waals surface area contributed by atoms with Gasteiger partial charge in [0.15, 0.2) is 5.78 Å². The lowest BCUT2D eigenvalue weighted by Gasteiger charge is -2.10. The summed E-state index contributed by atoms with van der Waals surface area (Å²) < 4.78 is 5.59. The third-order valence-corrected chi connectivity index (χ3v) is 3.88. The van der Waals surface area contributed by atoms with Gasteiger partial charge < -0.3 is 4.74 Å². The summed E-state index contributed by atoms with van der Waals surface area (Å²) in [4.78, 5) is 12.7. The van der Waals surface area contributed by atoms with E-state index in [9.17, 15) is 4.79 Å². The Hall–Kier alpha value is -1.51. The van der Waals surface area contributed by atoms with Crippen LogP contribution in [0.15, 0.2) is 30.3 Å². The van der Waals surface area contributed by atoms with Gasteiger partial charge in [-0.1, -0.05) is 23.2 Å². The predicted octanol–water partition coefficient (Wildman–Crippen LogP) is 4.47. The summed E-state index contributed by atoms with van der Waals surface area (Å²) in [7, 11) is 0. The van der Waals surface area contributed by atoms with Gasteiger partial charge in [-0.2, -0.15) is 0 Å². The Morgan fingerprint density at radius 1 is 1.10 bits per heavy atom. The Bertz CT molecular complexity index is 708. The lowest BCUT2D eigenvalue weighted by molar-refractivity contribution is 0.103. The molecule has 0 bridgehead atoms. The molecule has 0 saturated heterocycles. The van der Waals surface area contributed by atoms with Gasteiger partial charge in [0.25, 0.3) is 0 Å². The first kappa shape index (κ1) is 13.5. The van der Waals surface area contributed by atoms with Crippen LogP contribution in [-0.2, 0) is 6.42 Å². The molecule has 0 amide bonds. The Morgan fingerprint density at radius 3 is 2.65 bits per heavy atom. The molecule has 1 heterocycles. The van der Waals surface area contributed by atoms with Crippen molar-refractivity contribution in [3.8, 4) is 5.75 Å². The molecule has 0 atom stereocenters. The second-order valence-electron chi connectivity index (χ2n) is 4.83. The molecule has 102 valence electrons. The van der Waals surface area contributed by atoms with E-state index in [0.717, 1.165) is 17.5 Å². The van der Waals surface area contributed by atoms with Crippen molar-refractivity contribution in [1.29, 1.82) is 0 Å². The van der Waals surface area contributed by atoms with E-state index < -0.39 is 0 Å². The van der Waals surface area contributed by atoms with E-state index in [-0.39, 0.29) is 5.78 Å². The second kappa shape index (κ2) is 5.12. The lowest BCUT2D eigenvalue weighted by atomic mass is 9.97. The molecule has 0 aromatic heterocycles. The van der Waals surface area contributed by atoms with Gasteiger partial charge in [-0.25, -0.2) is 0 Å². The number of carbonyl (C=O) groups is 1. The highest BCUT2D eigenvalue weighted by Crippen LogP contribution is 2.34. The fourth-order valence-electron chi connectivity index (χ4n) is 2.46. The molecule has 2 nitrogen and oxygen atoms in total. The minimum absolute atomic E-state index is 0.0835. The van der Waals surface area contributed by atoms with Gasteiger partial charge in [-0.3, -0.25) is 4.79 Å². The number of fused-ring (bicyclic) bond motifs is 1. The number of hydrogen-bond acceptors (Lipinski definition) is 2. The first-order valence-corrected chi connectivity index (χ1v) is 7.08. The van der Waals surface area contributed by atoms with Crippen LogP contribution in [0.4, 0.5) is 0 Å². The molecule has 0 fully saturated rings. The number of ketones is 1. The molecule has 0 unspecified atom stereocenters. The fraction of sp³-hybridized carbons (Fsp3) is 0.188. The van der Waals surface area contributed by atoms with Gasteiger partial charge in [0.2, 0.25) is 0 Å². The Morgan fingerprint density at radius 2 is 1.90 bits per heavy atom. The zero-order valence-electron chi connectivity index (χ0n) is 10.9. The Kier molecular flexibility index (Phi) is 3.45. The normalized spacial score (nSPS) is 12.9. The van der Waals surface area contributed by atoms with Crippen LogP contribution in [-0.4, -0.2) is 12.4 Å². The molecule has 2 aromatic carbocycles. The molecule has 1 aliphatic heterocycles. The SMILES string of the molecule is Cc1cc(Cl)ccc1C(=O)c1cc(Cl)cc2c1OCC2. The highest BCUT2D eigenvalue weighted by molar-refractivity contribution is 6.32. The van der Waals surface area contributed by atoms with Crippen LogP contribution < -0.4 is 4.74 Å². The van der Waals surface area contributed by atoms with Crippen molar-refractivity contribution in [3.63, 3.8) is 0 Å². The highest BCUT2D eigenvalue weighted by atomic mass is 35.5. The molecular weight excluding hydrogens is 295 g/mol. The topological polar surface area (TPSA) is 26.3 Å². The van der Waals surface area contributed by atoms with Crippen molar-refractivity contribution < 1.29 is 9.53 Å². The van der Waals surface area contributed by atoms with E-state index in [0.29, 0.717) is 33.5 Å². The van der Waals surface area contributed by atoms with Gasteiger partial charge in [-0.15, -0.1) is 0 Å². The van der Waals surface area contributed by atoms with Gasteiger partial charge in [0, 0.05) is 22.0 Å². The number of halogens is 2. The van der Waals surface area contributed by atoms with E-state index in [1.54, 1.807) is 24.3 Å². The zero-order valence-corrected chi connectivity index (χ0v) is 12.4. The first-order valence-electron chi connectivity index (χ1n) is 6.32. The summed E-state index contributed by atoms with van der Waals surface area (Å²) in [6.07, 6.45) is 0.787. The van der Waals surface area contributed by atoms with Gasteiger partial charge >= 0.3 is 0 Å². The summed E-state index contributed by atoms with van der Waals surface area (Å²) >= 11 is 12.0. The third kappa shape index (κ3) is 2.30. The van der Waals surface area contributed by atoms with Crippen LogP contribution >= 0.6 is 23.2 Å². The largest absolute Gasteiger partial charge is 0.492 e. The molecule has 4 heteroatoms. The minimum Gasteiger partial charge on any atom is -0.492 e. The molecule has 0 aliphatic carbocycles. The monoisotopic (exact) mass is 306 g/mol. The van der Waals surface area contributed by atoms with E-state index in [4.69, 9.17) is 27.9 Å². The number of ether oxygens (including phenoxy) is 1. The standard InChI is InChI=1S/C16H12Cl2O2/c1-9-6-11(17)2-3-13(9)15(19)14-8-12(18)7-10-4-5-20-16(10)14/h2-3,6-8H,4-5H2,1H3. The molecular formula is C16H12Cl2O2. The van der Waals surface area contributed by atoms with Crippen LogP contribution in [0.25, 0.3) is 0 Å². The van der Waals surface area contributed by atoms with Crippen molar-refractivity contribution in [3.05, 3.63) is 62.6 Å². The van der Waals surface area contributed by atoms with Crippen molar-refractivity contribution in [2.75, 3.05) is 6.61 Å². The zero-order chi connectivity index (χ0) is 14.3. The molecule has 0 radical (unpaired) electrons. The Balaban J connectivity index is 2.11. The van der Waals surface area contributed by atoms with Crippen LogP contribution in [0, 0.1) is 6.92 Å². The maximum Gasteiger partial charge on any atom is 0.197 e. The maximum atomic E-state index is 12.7.